The predicted octanol–water partition coefficient (Wildman–Crippen LogP) is 2.57. The van der Waals surface area contributed by atoms with Gasteiger partial charge in [0.15, 0.2) is 0 Å². The number of carbonyl (C=O) groups excluding carboxylic acids is 1. The zero-order valence-electron chi connectivity index (χ0n) is 11.8. The number of terminal acetylenes is 1. The fourth-order valence-electron chi connectivity index (χ4n) is 2.02. The van der Waals surface area contributed by atoms with Crippen LogP contribution in [0, 0.1) is 12.3 Å². The number of nitrogens with one attached hydrogen (secondary N) is 1. The molecule has 3 heteroatoms. The first-order valence-electron chi connectivity index (χ1n) is 6.86. The highest BCUT2D eigenvalue weighted by atomic mass is 16.2. The monoisotopic (exact) mass is 278 g/mol. The first-order chi connectivity index (χ1) is 10.2. The minimum absolute atomic E-state index is 0.194. The third kappa shape index (κ3) is 4.48. The molecule has 0 saturated heterocycles. The maximum atomic E-state index is 12.0. The third-order valence-electron chi connectivity index (χ3n) is 3.22. The van der Waals surface area contributed by atoms with Gasteiger partial charge < -0.3 is 11.1 Å². The fourth-order valence-corrected chi connectivity index (χ4v) is 2.02. The summed E-state index contributed by atoms with van der Waals surface area (Å²) in [6.07, 6.45) is 6.71. The van der Waals surface area contributed by atoms with E-state index in [1.807, 2.05) is 36.4 Å². The molecule has 1 atom stereocenters. The van der Waals surface area contributed by atoms with Crippen LogP contribution in [0.5, 0.6) is 0 Å². The van der Waals surface area contributed by atoms with Gasteiger partial charge in [-0.25, -0.2) is 0 Å². The van der Waals surface area contributed by atoms with Crippen molar-refractivity contribution in [3.63, 3.8) is 0 Å². The molecule has 0 fully saturated rings. The molecule has 0 aromatic heterocycles. The van der Waals surface area contributed by atoms with E-state index in [-0.39, 0.29) is 5.91 Å². The van der Waals surface area contributed by atoms with Crippen LogP contribution < -0.4 is 11.1 Å². The fraction of sp³-hybridized carbons (Fsp3) is 0.167. The van der Waals surface area contributed by atoms with Crippen LogP contribution in [0.15, 0.2) is 54.6 Å². The van der Waals surface area contributed by atoms with Crippen molar-refractivity contribution in [3.05, 3.63) is 65.7 Å². The van der Waals surface area contributed by atoms with E-state index < -0.39 is 6.04 Å². The molecule has 2 aromatic rings. The Balaban J connectivity index is 1.89. The summed E-state index contributed by atoms with van der Waals surface area (Å²) in [6.45, 7) is 0. The molecule has 0 unspecified atom stereocenters. The standard InChI is InChI=1S/C18H18N2O/c1-2-14-9-6-10-16(13-14)20-18(21)17(19)12-11-15-7-4-3-5-8-15/h1,3-10,13,17H,11-12,19H2,(H,20,21)/t17-/m0/s1. The Labute approximate surface area is 125 Å². The van der Waals surface area contributed by atoms with Gasteiger partial charge in [0.25, 0.3) is 0 Å². The van der Waals surface area contributed by atoms with Gasteiger partial charge >= 0.3 is 0 Å². The van der Waals surface area contributed by atoms with Gasteiger partial charge in [-0.2, -0.15) is 0 Å². The zero-order chi connectivity index (χ0) is 15.1. The highest BCUT2D eigenvalue weighted by Gasteiger charge is 2.13. The molecule has 3 nitrogen and oxygen atoms in total. The van der Waals surface area contributed by atoms with Gasteiger partial charge in [0.1, 0.15) is 0 Å². The average Bonchev–Trinajstić information content (AvgIpc) is 2.53. The van der Waals surface area contributed by atoms with Crippen molar-refractivity contribution in [1.29, 1.82) is 0 Å². The Morgan fingerprint density at radius 1 is 1.19 bits per heavy atom. The van der Waals surface area contributed by atoms with E-state index in [1.165, 1.54) is 5.56 Å². The average molecular weight is 278 g/mol. The van der Waals surface area contributed by atoms with Crippen molar-refractivity contribution in [2.45, 2.75) is 18.9 Å². The van der Waals surface area contributed by atoms with Gasteiger partial charge in [0.2, 0.25) is 5.91 Å². The Kier molecular flexibility index (Phi) is 5.14. The second kappa shape index (κ2) is 7.28. The van der Waals surface area contributed by atoms with Crippen LogP contribution in [0.2, 0.25) is 0 Å². The normalized spacial score (nSPS) is 11.4. The lowest BCUT2D eigenvalue weighted by atomic mass is 10.1. The van der Waals surface area contributed by atoms with E-state index in [4.69, 9.17) is 12.2 Å². The van der Waals surface area contributed by atoms with Gasteiger partial charge in [-0.3, -0.25) is 4.79 Å². The number of amides is 1. The van der Waals surface area contributed by atoms with Crippen LogP contribution in [0.25, 0.3) is 0 Å². The highest BCUT2D eigenvalue weighted by Crippen LogP contribution is 2.11. The maximum absolute atomic E-state index is 12.0. The van der Waals surface area contributed by atoms with Crippen molar-refractivity contribution in [2.75, 3.05) is 5.32 Å². The van der Waals surface area contributed by atoms with Crippen molar-refractivity contribution >= 4 is 11.6 Å². The summed E-state index contributed by atoms with van der Waals surface area (Å²) < 4.78 is 0. The SMILES string of the molecule is C#Cc1cccc(NC(=O)[C@@H](N)CCc2ccccc2)c1. The van der Waals surface area contributed by atoms with Gasteiger partial charge in [0, 0.05) is 11.3 Å². The Morgan fingerprint density at radius 2 is 1.95 bits per heavy atom. The molecule has 106 valence electrons. The van der Waals surface area contributed by atoms with Crippen molar-refractivity contribution in [2.24, 2.45) is 5.73 Å². The van der Waals surface area contributed by atoms with E-state index in [1.54, 1.807) is 18.2 Å². The molecule has 0 saturated carbocycles. The van der Waals surface area contributed by atoms with Crippen molar-refractivity contribution < 1.29 is 4.79 Å². The van der Waals surface area contributed by atoms with E-state index in [9.17, 15) is 4.79 Å². The van der Waals surface area contributed by atoms with Crippen LogP contribution in [-0.4, -0.2) is 11.9 Å². The number of hydrogen-bond acceptors (Lipinski definition) is 2. The molecule has 2 aromatic carbocycles. The summed E-state index contributed by atoms with van der Waals surface area (Å²) in [5.41, 5.74) is 8.51. The van der Waals surface area contributed by atoms with Crippen LogP contribution in [0.3, 0.4) is 0 Å². The molecule has 0 aliphatic rings. The number of aryl methyl sites for hydroxylation is 1. The molecule has 0 aliphatic heterocycles. The number of anilines is 1. The summed E-state index contributed by atoms with van der Waals surface area (Å²) in [7, 11) is 0. The Morgan fingerprint density at radius 3 is 2.67 bits per heavy atom. The van der Waals surface area contributed by atoms with Crippen LogP contribution in [-0.2, 0) is 11.2 Å². The van der Waals surface area contributed by atoms with Gasteiger partial charge in [-0.05, 0) is 36.6 Å². The lowest BCUT2D eigenvalue weighted by molar-refractivity contribution is -0.117. The second-order valence-electron chi connectivity index (χ2n) is 4.85. The van der Waals surface area contributed by atoms with E-state index >= 15 is 0 Å². The lowest BCUT2D eigenvalue weighted by Crippen LogP contribution is -2.36. The number of rotatable bonds is 5. The summed E-state index contributed by atoms with van der Waals surface area (Å²) in [4.78, 5) is 12.0. The van der Waals surface area contributed by atoms with Gasteiger partial charge in [0.05, 0.1) is 6.04 Å². The van der Waals surface area contributed by atoms with Gasteiger partial charge in [-0.1, -0.05) is 42.3 Å². The van der Waals surface area contributed by atoms with Crippen LogP contribution in [0.1, 0.15) is 17.5 Å². The van der Waals surface area contributed by atoms with E-state index in [0.29, 0.717) is 12.1 Å². The first-order valence-corrected chi connectivity index (χ1v) is 6.86. The largest absolute Gasteiger partial charge is 0.325 e. The molecule has 0 aliphatic carbocycles. The van der Waals surface area contributed by atoms with E-state index in [2.05, 4.69) is 11.2 Å². The lowest BCUT2D eigenvalue weighted by Gasteiger charge is -2.12. The maximum Gasteiger partial charge on any atom is 0.241 e. The highest BCUT2D eigenvalue weighted by molar-refractivity contribution is 5.94. The van der Waals surface area contributed by atoms with Crippen LogP contribution in [0.4, 0.5) is 5.69 Å². The molecule has 0 spiro atoms. The van der Waals surface area contributed by atoms with Crippen molar-refractivity contribution in [3.8, 4) is 12.3 Å². The van der Waals surface area contributed by atoms with Gasteiger partial charge in [-0.15, -0.1) is 6.42 Å². The molecule has 1 amide bonds. The molecule has 0 radical (unpaired) electrons. The number of nitrogens with two attached hydrogens (primary N) is 1. The third-order valence-corrected chi connectivity index (χ3v) is 3.22. The number of benzene rings is 2. The molecule has 3 N–H and O–H groups in total. The summed E-state index contributed by atoms with van der Waals surface area (Å²) in [6, 6.07) is 16.6. The topological polar surface area (TPSA) is 55.1 Å². The smallest absolute Gasteiger partial charge is 0.241 e. The van der Waals surface area contributed by atoms with Crippen molar-refractivity contribution in [1.82, 2.24) is 0 Å². The van der Waals surface area contributed by atoms with Crippen LogP contribution >= 0.6 is 0 Å². The minimum Gasteiger partial charge on any atom is -0.325 e. The molecule has 2 rings (SSSR count). The summed E-state index contributed by atoms with van der Waals surface area (Å²) in [5.74, 6) is 2.34. The molecule has 0 bridgehead atoms. The summed E-state index contributed by atoms with van der Waals surface area (Å²) in [5, 5.41) is 2.79. The number of hydrogen-bond donors (Lipinski definition) is 2. The summed E-state index contributed by atoms with van der Waals surface area (Å²) >= 11 is 0. The zero-order valence-corrected chi connectivity index (χ0v) is 11.8. The molecular weight excluding hydrogens is 260 g/mol. The first kappa shape index (κ1) is 14.8. The molecule has 0 heterocycles. The quantitative estimate of drug-likeness (QED) is 0.826. The minimum atomic E-state index is -0.542. The molecular formula is C18H18N2O. The second-order valence-corrected chi connectivity index (χ2v) is 4.85. The predicted molar refractivity (Wildman–Crippen MR) is 85.7 cm³/mol. The molecule has 21 heavy (non-hydrogen) atoms. The Bertz CT molecular complexity index is 644. The Hall–Kier alpha value is -2.57. The van der Waals surface area contributed by atoms with E-state index in [0.717, 1.165) is 12.0 Å². The number of carbonyl (C=O) groups is 1.